The number of hydrogen-bond donors (Lipinski definition) is 2. The third kappa shape index (κ3) is 2.58. The molecular formula is C33H21BO3. The Morgan fingerprint density at radius 3 is 1.73 bits per heavy atom. The van der Waals surface area contributed by atoms with Crippen LogP contribution in [0.25, 0.3) is 32.7 Å². The van der Waals surface area contributed by atoms with Gasteiger partial charge in [0.25, 0.3) is 0 Å². The standard InChI is InChI=1S/C33H21BO3/c35-34(36)22-15-16-26-25-11-5-6-12-27(25)33(30(26)19-22)28-17-13-20-7-1-3-9-23(20)31(28)37-32-24-10-4-2-8-21(24)14-18-29(32)33/h1-19,35-36H. The number of benzene rings is 6. The molecule has 3 nitrogen and oxygen atoms in total. The van der Waals surface area contributed by atoms with Gasteiger partial charge in [-0.3, -0.25) is 0 Å². The van der Waals surface area contributed by atoms with Crippen LogP contribution in [0.15, 0.2) is 115 Å². The predicted octanol–water partition coefficient (Wildman–Crippen LogP) is 6.14. The third-order valence-electron chi connectivity index (χ3n) is 8.14. The molecule has 0 radical (unpaired) electrons. The molecule has 0 fully saturated rings. The van der Waals surface area contributed by atoms with Gasteiger partial charge in [-0.2, -0.15) is 0 Å². The molecule has 2 aliphatic rings. The maximum Gasteiger partial charge on any atom is 0.488 e. The maximum absolute atomic E-state index is 10.2. The molecule has 0 atom stereocenters. The van der Waals surface area contributed by atoms with E-state index >= 15 is 0 Å². The number of ether oxygens (including phenoxy) is 1. The fourth-order valence-electron chi connectivity index (χ4n) is 6.58. The van der Waals surface area contributed by atoms with Gasteiger partial charge in [0, 0.05) is 21.9 Å². The van der Waals surface area contributed by atoms with Crippen molar-refractivity contribution >= 4 is 34.1 Å². The summed E-state index contributed by atoms with van der Waals surface area (Å²) in [7, 11) is -1.56. The van der Waals surface area contributed by atoms with Gasteiger partial charge in [0.2, 0.25) is 0 Å². The van der Waals surface area contributed by atoms with E-state index in [9.17, 15) is 10.0 Å². The van der Waals surface area contributed by atoms with Crippen molar-refractivity contribution in [2.75, 3.05) is 0 Å². The van der Waals surface area contributed by atoms with Crippen LogP contribution in [-0.2, 0) is 5.41 Å². The Kier molecular flexibility index (Phi) is 4.12. The third-order valence-corrected chi connectivity index (χ3v) is 8.14. The molecule has 6 aromatic rings. The fraction of sp³-hybridized carbons (Fsp3) is 0.0303. The van der Waals surface area contributed by atoms with E-state index in [-0.39, 0.29) is 0 Å². The van der Waals surface area contributed by atoms with Crippen molar-refractivity contribution in [1.82, 2.24) is 0 Å². The van der Waals surface area contributed by atoms with Gasteiger partial charge < -0.3 is 14.8 Å². The van der Waals surface area contributed by atoms with E-state index in [1.807, 2.05) is 36.4 Å². The summed E-state index contributed by atoms with van der Waals surface area (Å²) in [6, 6.07) is 39.7. The molecule has 8 rings (SSSR count). The monoisotopic (exact) mass is 476 g/mol. The predicted molar refractivity (Wildman–Crippen MR) is 149 cm³/mol. The second-order valence-electron chi connectivity index (χ2n) is 9.90. The minimum absolute atomic E-state index is 0.474. The van der Waals surface area contributed by atoms with E-state index in [0.717, 1.165) is 60.9 Å². The van der Waals surface area contributed by atoms with Crippen molar-refractivity contribution in [3.63, 3.8) is 0 Å². The summed E-state index contributed by atoms with van der Waals surface area (Å²) in [5, 5.41) is 24.7. The van der Waals surface area contributed by atoms with Crippen LogP contribution in [0, 0.1) is 0 Å². The van der Waals surface area contributed by atoms with Crippen molar-refractivity contribution in [3.05, 3.63) is 138 Å². The molecule has 0 saturated heterocycles. The van der Waals surface area contributed by atoms with Crippen LogP contribution in [-0.4, -0.2) is 17.2 Å². The van der Waals surface area contributed by atoms with Crippen LogP contribution in [0.2, 0.25) is 0 Å². The van der Waals surface area contributed by atoms with E-state index in [1.54, 1.807) is 6.07 Å². The Labute approximate surface area is 214 Å². The molecule has 0 saturated carbocycles. The van der Waals surface area contributed by atoms with Gasteiger partial charge in [-0.05, 0) is 38.5 Å². The Hall–Kier alpha value is -4.38. The molecule has 0 amide bonds. The summed E-state index contributed by atoms with van der Waals surface area (Å²) in [5.74, 6) is 1.69. The highest BCUT2D eigenvalue weighted by Gasteiger charge is 2.52. The van der Waals surface area contributed by atoms with Crippen LogP contribution in [0.3, 0.4) is 0 Å². The van der Waals surface area contributed by atoms with Gasteiger partial charge in [-0.15, -0.1) is 0 Å². The normalized spacial score (nSPS) is 14.1. The molecular weight excluding hydrogens is 455 g/mol. The lowest BCUT2D eigenvalue weighted by molar-refractivity contribution is 0.425. The zero-order valence-corrected chi connectivity index (χ0v) is 19.8. The van der Waals surface area contributed by atoms with E-state index in [2.05, 4.69) is 72.8 Å². The second-order valence-corrected chi connectivity index (χ2v) is 9.90. The van der Waals surface area contributed by atoms with Gasteiger partial charge in [0.15, 0.2) is 0 Å². The Morgan fingerprint density at radius 2 is 1.08 bits per heavy atom. The van der Waals surface area contributed by atoms with E-state index < -0.39 is 12.5 Å². The van der Waals surface area contributed by atoms with Crippen LogP contribution in [0.5, 0.6) is 11.5 Å². The van der Waals surface area contributed by atoms with Gasteiger partial charge in [-0.25, -0.2) is 0 Å². The zero-order chi connectivity index (χ0) is 24.7. The number of rotatable bonds is 1. The zero-order valence-electron chi connectivity index (χ0n) is 19.8. The highest BCUT2D eigenvalue weighted by atomic mass is 16.5. The summed E-state index contributed by atoms with van der Waals surface area (Å²) < 4.78 is 6.90. The number of hydrogen-bond acceptors (Lipinski definition) is 3. The molecule has 174 valence electrons. The SMILES string of the molecule is OB(O)c1ccc2c(c1)C1(c3ccccc3-2)c2ccc3ccccc3c2Oc2c1ccc1ccccc21. The van der Waals surface area contributed by atoms with E-state index in [0.29, 0.717) is 5.46 Å². The van der Waals surface area contributed by atoms with Gasteiger partial charge in [0.05, 0.1) is 5.41 Å². The maximum atomic E-state index is 10.2. The van der Waals surface area contributed by atoms with Crippen LogP contribution in [0.4, 0.5) is 0 Å². The molecule has 1 aliphatic carbocycles. The largest absolute Gasteiger partial charge is 0.488 e. The van der Waals surface area contributed by atoms with E-state index in [1.165, 1.54) is 5.56 Å². The first-order chi connectivity index (χ1) is 18.2. The first-order valence-electron chi connectivity index (χ1n) is 12.5. The summed E-state index contributed by atoms with van der Waals surface area (Å²) in [6.45, 7) is 0. The molecule has 0 aromatic heterocycles. The molecule has 6 aromatic carbocycles. The van der Waals surface area contributed by atoms with Crippen molar-refractivity contribution in [2.45, 2.75) is 5.41 Å². The van der Waals surface area contributed by atoms with Gasteiger partial charge >= 0.3 is 7.12 Å². The highest BCUT2D eigenvalue weighted by Crippen LogP contribution is 2.63. The summed E-state index contributed by atoms with van der Waals surface area (Å²) in [5.41, 5.74) is 6.38. The van der Waals surface area contributed by atoms with Crippen molar-refractivity contribution < 1.29 is 14.8 Å². The van der Waals surface area contributed by atoms with E-state index in [4.69, 9.17) is 4.74 Å². The molecule has 37 heavy (non-hydrogen) atoms. The lowest BCUT2D eigenvalue weighted by atomic mass is 9.64. The average Bonchev–Trinajstić information content (AvgIpc) is 3.23. The minimum Gasteiger partial charge on any atom is -0.455 e. The first-order valence-corrected chi connectivity index (χ1v) is 12.5. The van der Waals surface area contributed by atoms with Crippen LogP contribution >= 0.6 is 0 Å². The highest BCUT2D eigenvalue weighted by molar-refractivity contribution is 6.58. The second kappa shape index (κ2) is 7.33. The van der Waals surface area contributed by atoms with Crippen molar-refractivity contribution in [1.29, 1.82) is 0 Å². The molecule has 1 heterocycles. The molecule has 1 spiro atoms. The fourth-order valence-corrected chi connectivity index (χ4v) is 6.58. The molecule has 1 aliphatic heterocycles. The number of fused-ring (bicyclic) bond motifs is 13. The first kappa shape index (κ1) is 20.8. The minimum atomic E-state index is -1.56. The Bertz CT molecular complexity index is 1820. The Morgan fingerprint density at radius 1 is 0.514 bits per heavy atom. The van der Waals surface area contributed by atoms with Crippen molar-refractivity contribution in [2.24, 2.45) is 0 Å². The molecule has 4 heteroatoms. The quantitative estimate of drug-likeness (QED) is 0.280. The van der Waals surface area contributed by atoms with Crippen LogP contribution < -0.4 is 10.2 Å². The summed E-state index contributed by atoms with van der Waals surface area (Å²) in [6.07, 6.45) is 0. The summed E-state index contributed by atoms with van der Waals surface area (Å²) >= 11 is 0. The lowest BCUT2D eigenvalue weighted by Gasteiger charge is -2.40. The van der Waals surface area contributed by atoms with Crippen molar-refractivity contribution in [3.8, 4) is 22.6 Å². The van der Waals surface area contributed by atoms with Gasteiger partial charge in [0.1, 0.15) is 11.5 Å². The lowest BCUT2D eigenvalue weighted by Crippen LogP contribution is -2.35. The van der Waals surface area contributed by atoms with Gasteiger partial charge in [-0.1, -0.05) is 115 Å². The average molecular weight is 476 g/mol. The topological polar surface area (TPSA) is 49.7 Å². The smallest absolute Gasteiger partial charge is 0.455 e. The molecule has 0 bridgehead atoms. The van der Waals surface area contributed by atoms with Crippen LogP contribution in [0.1, 0.15) is 22.3 Å². The summed E-state index contributed by atoms with van der Waals surface area (Å²) in [4.78, 5) is 0. The Balaban J connectivity index is 1.62. The molecule has 0 unspecified atom stereocenters. The molecule has 2 N–H and O–H groups in total.